The van der Waals surface area contributed by atoms with Gasteiger partial charge in [-0.25, -0.2) is 0 Å². The number of rotatable bonds is 2. The maximum Gasteiger partial charge on any atom is 0.0459 e. The van der Waals surface area contributed by atoms with E-state index in [-0.39, 0.29) is 24.8 Å². The Hall–Kier alpha value is -0.610. The standard InChI is InChI=1S/C14H16N2S.2ClH/c1-10-2-3-11(9-16-10)8-13-14-12(4-6-15-13)5-7-17-14;;/h2-3,5,7,9,13,15H,4,6,8H2,1H3;2*1H. The Kier molecular flexibility index (Phi) is 6.27. The Labute approximate surface area is 130 Å². The number of nitrogens with zero attached hydrogens (tertiary/aromatic N) is 1. The van der Waals surface area contributed by atoms with Crippen molar-refractivity contribution in [2.24, 2.45) is 0 Å². The minimum atomic E-state index is 0. The van der Waals surface area contributed by atoms with E-state index in [0.29, 0.717) is 6.04 Å². The van der Waals surface area contributed by atoms with Crippen molar-refractivity contribution in [3.05, 3.63) is 51.5 Å². The molecule has 104 valence electrons. The van der Waals surface area contributed by atoms with Crippen molar-refractivity contribution in [1.82, 2.24) is 10.3 Å². The number of nitrogens with one attached hydrogen (secondary N) is 1. The molecule has 0 saturated heterocycles. The molecule has 2 aromatic rings. The van der Waals surface area contributed by atoms with Crippen LogP contribution in [0.25, 0.3) is 0 Å². The third-order valence-electron chi connectivity index (χ3n) is 3.29. The molecule has 0 spiro atoms. The first-order valence-electron chi connectivity index (χ1n) is 6.04. The molecule has 0 radical (unpaired) electrons. The van der Waals surface area contributed by atoms with Crippen LogP contribution in [0, 0.1) is 6.92 Å². The van der Waals surface area contributed by atoms with E-state index < -0.39 is 0 Å². The highest BCUT2D eigenvalue weighted by Crippen LogP contribution is 2.30. The molecule has 3 heterocycles. The molecule has 0 saturated carbocycles. The van der Waals surface area contributed by atoms with Gasteiger partial charge in [0.25, 0.3) is 0 Å². The highest BCUT2D eigenvalue weighted by Gasteiger charge is 2.20. The highest BCUT2D eigenvalue weighted by molar-refractivity contribution is 7.10. The van der Waals surface area contributed by atoms with Gasteiger partial charge in [0, 0.05) is 22.8 Å². The van der Waals surface area contributed by atoms with Crippen LogP contribution in [0.15, 0.2) is 29.8 Å². The minimum absolute atomic E-state index is 0. The highest BCUT2D eigenvalue weighted by atomic mass is 35.5. The molecule has 1 aliphatic heterocycles. The quantitative estimate of drug-likeness (QED) is 0.913. The van der Waals surface area contributed by atoms with Crippen molar-refractivity contribution in [3.63, 3.8) is 0 Å². The van der Waals surface area contributed by atoms with E-state index in [1.54, 1.807) is 0 Å². The van der Waals surface area contributed by atoms with Crippen molar-refractivity contribution in [1.29, 1.82) is 0 Å². The monoisotopic (exact) mass is 316 g/mol. The normalized spacial score (nSPS) is 17.0. The first-order valence-corrected chi connectivity index (χ1v) is 6.92. The van der Waals surface area contributed by atoms with E-state index in [0.717, 1.165) is 18.7 Å². The third-order valence-corrected chi connectivity index (χ3v) is 4.37. The Morgan fingerprint density at radius 2 is 2.16 bits per heavy atom. The molecule has 2 nitrogen and oxygen atoms in total. The van der Waals surface area contributed by atoms with Gasteiger partial charge in [-0.3, -0.25) is 4.98 Å². The Morgan fingerprint density at radius 1 is 1.32 bits per heavy atom. The van der Waals surface area contributed by atoms with E-state index in [4.69, 9.17) is 0 Å². The van der Waals surface area contributed by atoms with E-state index in [1.165, 1.54) is 22.4 Å². The number of hydrogen-bond donors (Lipinski definition) is 1. The predicted octanol–water partition coefficient (Wildman–Crippen LogP) is 3.72. The van der Waals surface area contributed by atoms with Crippen LogP contribution >= 0.6 is 36.2 Å². The van der Waals surface area contributed by atoms with Crippen LogP contribution in [0.5, 0.6) is 0 Å². The van der Waals surface area contributed by atoms with Crippen molar-refractivity contribution < 1.29 is 0 Å². The van der Waals surface area contributed by atoms with Crippen LogP contribution in [0.2, 0.25) is 0 Å². The number of hydrogen-bond acceptors (Lipinski definition) is 3. The topological polar surface area (TPSA) is 24.9 Å². The number of aromatic nitrogens is 1. The number of pyridine rings is 1. The van der Waals surface area contributed by atoms with Gasteiger partial charge < -0.3 is 5.32 Å². The number of aryl methyl sites for hydroxylation is 1. The van der Waals surface area contributed by atoms with Gasteiger partial charge in [-0.2, -0.15) is 0 Å². The summed E-state index contributed by atoms with van der Waals surface area (Å²) in [6.07, 6.45) is 4.21. The van der Waals surface area contributed by atoms with E-state index >= 15 is 0 Å². The average Bonchev–Trinajstić information content (AvgIpc) is 2.81. The molecule has 1 aliphatic rings. The molecular formula is C14H18Cl2N2S. The Balaban J connectivity index is 0.000000902. The maximum absolute atomic E-state index is 4.36. The van der Waals surface area contributed by atoms with Crippen LogP contribution in [0.1, 0.15) is 27.7 Å². The molecule has 0 fully saturated rings. The fourth-order valence-electron chi connectivity index (χ4n) is 2.35. The lowest BCUT2D eigenvalue weighted by atomic mass is 9.98. The van der Waals surface area contributed by atoms with Crippen molar-refractivity contribution in [2.45, 2.75) is 25.8 Å². The zero-order chi connectivity index (χ0) is 11.7. The number of thiophene rings is 1. The van der Waals surface area contributed by atoms with Crippen LogP contribution in [-0.4, -0.2) is 11.5 Å². The summed E-state index contributed by atoms with van der Waals surface area (Å²) >= 11 is 1.87. The second kappa shape index (κ2) is 7.25. The van der Waals surface area contributed by atoms with Gasteiger partial charge in [-0.15, -0.1) is 36.2 Å². The predicted molar refractivity (Wildman–Crippen MR) is 85.9 cm³/mol. The fraction of sp³-hybridized carbons (Fsp3) is 0.357. The Morgan fingerprint density at radius 3 is 2.89 bits per heavy atom. The lowest BCUT2D eigenvalue weighted by Gasteiger charge is -2.24. The lowest BCUT2D eigenvalue weighted by Crippen LogP contribution is -2.29. The first kappa shape index (κ1) is 16.4. The molecule has 0 aliphatic carbocycles. The summed E-state index contributed by atoms with van der Waals surface area (Å²) < 4.78 is 0. The number of halogens is 2. The second-order valence-electron chi connectivity index (χ2n) is 4.58. The molecule has 1 atom stereocenters. The lowest BCUT2D eigenvalue weighted by molar-refractivity contribution is 0.512. The van der Waals surface area contributed by atoms with Crippen LogP contribution in [0.4, 0.5) is 0 Å². The largest absolute Gasteiger partial charge is 0.309 e. The molecule has 0 amide bonds. The molecule has 5 heteroatoms. The summed E-state index contributed by atoms with van der Waals surface area (Å²) in [6.45, 7) is 3.12. The second-order valence-corrected chi connectivity index (χ2v) is 5.53. The molecule has 3 rings (SSSR count). The first-order chi connectivity index (χ1) is 8.33. The zero-order valence-corrected chi connectivity index (χ0v) is 13.2. The molecular weight excluding hydrogens is 299 g/mol. The van der Waals surface area contributed by atoms with E-state index in [2.05, 4.69) is 33.9 Å². The van der Waals surface area contributed by atoms with Crippen molar-refractivity contribution in [3.8, 4) is 0 Å². The summed E-state index contributed by atoms with van der Waals surface area (Å²) in [5.41, 5.74) is 3.93. The van der Waals surface area contributed by atoms with Crippen LogP contribution in [-0.2, 0) is 12.8 Å². The summed E-state index contributed by atoms with van der Waals surface area (Å²) in [6, 6.07) is 7.02. The van der Waals surface area contributed by atoms with Gasteiger partial charge in [0.2, 0.25) is 0 Å². The van der Waals surface area contributed by atoms with Crippen LogP contribution in [0.3, 0.4) is 0 Å². The molecule has 1 N–H and O–H groups in total. The zero-order valence-electron chi connectivity index (χ0n) is 10.8. The van der Waals surface area contributed by atoms with Gasteiger partial charge >= 0.3 is 0 Å². The SMILES string of the molecule is Cc1ccc(CC2NCCc3ccsc32)cn1.Cl.Cl. The van der Waals surface area contributed by atoms with Gasteiger partial charge in [0.1, 0.15) is 0 Å². The average molecular weight is 317 g/mol. The molecule has 1 unspecified atom stereocenters. The number of fused-ring (bicyclic) bond motifs is 1. The minimum Gasteiger partial charge on any atom is -0.309 e. The molecule has 19 heavy (non-hydrogen) atoms. The van der Waals surface area contributed by atoms with Crippen molar-refractivity contribution >= 4 is 36.2 Å². The smallest absolute Gasteiger partial charge is 0.0459 e. The maximum atomic E-state index is 4.36. The van der Waals surface area contributed by atoms with Crippen LogP contribution < -0.4 is 5.32 Å². The van der Waals surface area contributed by atoms with Gasteiger partial charge in [-0.1, -0.05) is 6.07 Å². The fourth-order valence-corrected chi connectivity index (χ4v) is 3.38. The summed E-state index contributed by atoms with van der Waals surface area (Å²) in [7, 11) is 0. The third kappa shape index (κ3) is 3.69. The van der Waals surface area contributed by atoms with E-state index in [1.807, 2.05) is 24.5 Å². The van der Waals surface area contributed by atoms with Crippen molar-refractivity contribution in [2.75, 3.05) is 6.54 Å². The molecule has 0 aromatic carbocycles. The molecule has 0 bridgehead atoms. The summed E-state index contributed by atoms with van der Waals surface area (Å²) in [5.74, 6) is 0. The molecule has 2 aromatic heterocycles. The van der Waals surface area contributed by atoms with Gasteiger partial charge in [-0.05, 0) is 54.9 Å². The Bertz CT molecular complexity index is 510. The van der Waals surface area contributed by atoms with E-state index in [9.17, 15) is 0 Å². The summed E-state index contributed by atoms with van der Waals surface area (Å²) in [4.78, 5) is 5.87. The summed E-state index contributed by atoms with van der Waals surface area (Å²) in [5, 5.41) is 5.81. The van der Waals surface area contributed by atoms with Gasteiger partial charge in [0.15, 0.2) is 0 Å². The van der Waals surface area contributed by atoms with Gasteiger partial charge in [0.05, 0.1) is 0 Å².